The monoisotopic (exact) mass is 476 g/mol. The first-order chi connectivity index (χ1) is 16.2. The number of ether oxygens (including phenoxy) is 2. The number of rotatable bonds is 5. The average Bonchev–Trinajstić information content (AvgIpc) is 2.82. The third kappa shape index (κ3) is 4.31. The first kappa shape index (κ1) is 22.9. The molecule has 0 saturated heterocycles. The fraction of sp³-hybridized carbons (Fsp3) is 0.120. The van der Waals surface area contributed by atoms with Gasteiger partial charge in [-0.15, -0.1) is 0 Å². The van der Waals surface area contributed by atoms with E-state index in [0.29, 0.717) is 16.7 Å². The number of hydrogen-bond donors (Lipinski definition) is 1. The number of carbonyl (C=O) groups is 1. The van der Waals surface area contributed by atoms with Crippen LogP contribution in [-0.2, 0) is 14.9 Å². The van der Waals surface area contributed by atoms with Gasteiger partial charge in [0.1, 0.15) is 28.0 Å². The molecular formula is C25H20N2O6S. The summed E-state index contributed by atoms with van der Waals surface area (Å²) in [5, 5.41) is 9.71. The van der Waals surface area contributed by atoms with Crippen molar-refractivity contribution in [3.8, 4) is 17.6 Å². The van der Waals surface area contributed by atoms with E-state index in [1.807, 2.05) is 6.92 Å². The van der Waals surface area contributed by atoms with Crippen LogP contribution in [0.2, 0.25) is 0 Å². The molecule has 1 aliphatic heterocycles. The average molecular weight is 477 g/mol. The molecule has 0 amide bonds. The topological polar surface area (TPSA) is 129 Å². The van der Waals surface area contributed by atoms with Crippen molar-refractivity contribution >= 4 is 16.1 Å². The first-order valence-electron chi connectivity index (χ1n) is 10.1. The smallest absolute Gasteiger partial charge is 0.339 e. The second kappa shape index (κ2) is 8.92. The largest absolute Gasteiger partial charge is 0.465 e. The van der Waals surface area contributed by atoms with E-state index in [1.165, 1.54) is 31.4 Å². The molecule has 0 radical (unpaired) electrons. The zero-order chi connectivity index (χ0) is 24.5. The molecule has 0 spiro atoms. The standard InChI is InChI=1S/C25H20N2O6S/c1-15-3-10-19(11-4-15)34(29,30)33-18-9-12-20-22(13-18)32-24(27)21(14-26)23(20)16-5-7-17(8-6-16)25(28)31-2/h3-13,23H,27H2,1-2H3. The molecule has 0 bridgehead atoms. The number of allylic oxidation sites excluding steroid dienone is 1. The van der Waals surface area contributed by atoms with Crippen LogP contribution in [-0.4, -0.2) is 21.5 Å². The van der Waals surface area contributed by atoms with E-state index in [1.54, 1.807) is 42.5 Å². The molecule has 34 heavy (non-hydrogen) atoms. The van der Waals surface area contributed by atoms with Gasteiger partial charge >= 0.3 is 16.1 Å². The summed E-state index contributed by atoms with van der Waals surface area (Å²) in [5.74, 6) is -0.868. The molecule has 0 aromatic heterocycles. The van der Waals surface area contributed by atoms with E-state index in [9.17, 15) is 18.5 Å². The molecule has 9 heteroatoms. The van der Waals surface area contributed by atoms with E-state index in [4.69, 9.17) is 19.4 Å². The lowest BCUT2D eigenvalue weighted by atomic mass is 9.83. The van der Waals surface area contributed by atoms with Gasteiger partial charge in [0.25, 0.3) is 0 Å². The van der Waals surface area contributed by atoms with Crippen molar-refractivity contribution < 1.29 is 26.9 Å². The highest BCUT2D eigenvalue weighted by molar-refractivity contribution is 7.87. The number of methoxy groups -OCH3 is 1. The number of nitriles is 1. The van der Waals surface area contributed by atoms with Crippen LogP contribution in [0, 0.1) is 18.3 Å². The van der Waals surface area contributed by atoms with Crippen molar-refractivity contribution in [2.75, 3.05) is 7.11 Å². The van der Waals surface area contributed by atoms with Crippen LogP contribution in [0.15, 0.2) is 83.1 Å². The highest BCUT2D eigenvalue weighted by Gasteiger charge is 2.31. The quantitative estimate of drug-likeness (QED) is 0.435. The van der Waals surface area contributed by atoms with Crippen LogP contribution in [0.5, 0.6) is 11.5 Å². The Morgan fingerprint density at radius 3 is 2.35 bits per heavy atom. The molecule has 3 aromatic carbocycles. The molecule has 0 aliphatic carbocycles. The van der Waals surface area contributed by atoms with Crippen LogP contribution >= 0.6 is 0 Å². The van der Waals surface area contributed by atoms with Gasteiger partial charge in [0.05, 0.1) is 18.6 Å². The summed E-state index contributed by atoms with van der Waals surface area (Å²) < 4.78 is 41.0. The van der Waals surface area contributed by atoms with E-state index < -0.39 is 22.0 Å². The number of esters is 1. The maximum absolute atomic E-state index is 12.7. The van der Waals surface area contributed by atoms with Crippen LogP contribution < -0.4 is 14.7 Å². The third-order valence-electron chi connectivity index (χ3n) is 5.37. The maximum Gasteiger partial charge on any atom is 0.339 e. The number of nitrogens with zero attached hydrogens (tertiary/aromatic N) is 1. The Labute approximate surface area is 196 Å². The summed E-state index contributed by atoms with van der Waals surface area (Å²) in [6.07, 6.45) is 0. The van der Waals surface area contributed by atoms with Gasteiger partial charge in [-0.05, 0) is 42.8 Å². The molecule has 4 rings (SSSR count). The number of hydrogen-bond acceptors (Lipinski definition) is 8. The molecule has 8 nitrogen and oxygen atoms in total. The minimum absolute atomic E-state index is 0.0199. The molecule has 0 fully saturated rings. The van der Waals surface area contributed by atoms with Crippen LogP contribution in [0.1, 0.15) is 33.0 Å². The van der Waals surface area contributed by atoms with Crippen LogP contribution in [0.3, 0.4) is 0 Å². The highest BCUT2D eigenvalue weighted by Crippen LogP contribution is 2.43. The predicted molar refractivity (Wildman–Crippen MR) is 123 cm³/mol. The third-order valence-corrected chi connectivity index (χ3v) is 6.63. The van der Waals surface area contributed by atoms with Gasteiger partial charge in [0.2, 0.25) is 5.88 Å². The van der Waals surface area contributed by atoms with Gasteiger partial charge in [-0.25, -0.2) is 4.79 Å². The fourth-order valence-corrected chi connectivity index (χ4v) is 4.56. The summed E-state index contributed by atoms with van der Waals surface area (Å²) in [6, 6.07) is 19.5. The number of aryl methyl sites for hydroxylation is 1. The van der Waals surface area contributed by atoms with E-state index >= 15 is 0 Å². The number of nitrogens with two attached hydrogens (primary N) is 1. The van der Waals surface area contributed by atoms with Crippen molar-refractivity contribution in [3.63, 3.8) is 0 Å². The lowest BCUT2D eigenvalue weighted by molar-refractivity contribution is 0.0600. The Morgan fingerprint density at radius 2 is 1.74 bits per heavy atom. The van der Waals surface area contributed by atoms with Gasteiger partial charge in [0, 0.05) is 11.6 Å². The molecule has 2 N–H and O–H groups in total. The number of carbonyl (C=O) groups excluding carboxylic acids is 1. The van der Waals surface area contributed by atoms with Gasteiger partial charge in [-0.1, -0.05) is 35.9 Å². The lowest BCUT2D eigenvalue weighted by Gasteiger charge is -2.26. The van der Waals surface area contributed by atoms with Crippen molar-refractivity contribution in [3.05, 3.63) is 100 Å². The maximum atomic E-state index is 12.7. The molecule has 0 saturated carbocycles. The Kier molecular flexibility index (Phi) is 6.01. The molecular weight excluding hydrogens is 456 g/mol. The Hall–Kier alpha value is -4.29. The predicted octanol–water partition coefficient (Wildman–Crippen LogP) is 3.77. The summed E-state index contributed by atoms with van der Waals surface area (Å²) in [6.45, 7) is 1.85. The second-order valence-electron chi connectivity index (χ2n) is 7.59. The summed E-state index contributed by atoms with van der Waals surface area (Å²) in [5.41, 5.74) is 8.78. The molecule has 1 atom stereocenters. The minimum atomic E-state index is -4.06. The summed E-state index contributed by atoms with van der Waals surface area (Å²) in [7, 11) is -2.77. The summed E-state index contributed by atoms with van der Waals surface area (Å²) >= 11 is 0. The van der Waals surface area contributed by atoms with Gasteiger partial charge in [-0.2, -0.15) is 13.7 Å². The zero-order valence-corrected chi connectivity index (χ0v) is 19.1. The fourth-order valence-electron chi connectivity index (χ4n) is 3.64. The molecule has 1 unspecified atom stereocenters. The Balaban J connectivity index is 1.70. The normalized spacial score (nSPS) is 15.0. The number of fused-ring (bicyclic) bond motifs is 1. The highest BCUT2D eigenvalue weighted by atomic mass is 32.2. The van der Waals surface area contributed by atoms with Crippen LogP contribution in [0.25, 0.3) is 0 Å². The molecule has 1 heterocycles. The number of benzene rings is 3. The van der Waals surface area contributed by atoms with Crippen molar-refractivity contribution in [1.29, 1.82) is 5.26 Å². The summed E-state index contributed by atoms with van der Waals surface area (Å²) in [4.78, 5) is 11.8. The van der Waals surface area contributed by atoms with E-state index in [0.717, 1.165) is 5.56 Å². The lowest BCUT2D eigenvalue weighted by Crippen LogP contribution is -2.21. The first-order valence-corrected chi connectivity index (χ1v) is 11.6. The van der Waals surface area contributed by atoms with E-state index in [2.05, 4.69) is 6.07 Å². The molecule has 3 aromatic rings. The van der Waals surface area contributed by atoms with Gasteiger partial charge in [-0.3, -0.25) is 0 Å². The van der Waals surface area contributed by atoms with Gasteiger partial charge in [0.15, 0.2) is 0 Å². The zero-order valence-electron chi connectivity index (χ0n) is 18.3. The second-order valence-corrected chi connectivity index (χ2v) is 9.13. The molecule has 1 aliphatic rings. The minimum Gasteiger partial charge on any atom is -0.465 e. The Morgan fingerprint density at radius 1 is 1.06 bits per heavy atom. The van der Waals surface area contributed by atoms with Crippen LogP contribution in [0.4, 0.5) is 0 Å². The SMILES string of the molecule is COC(=O)c1ccc(C2C(C#N)=C(N)Oc3cc(OS(=O)(=O)c4ccc(C)cc4)ccc32)cc1. The van der Waals surface area contributed by atoms with E-state index in [-0.39, 0.29) is 27.9 Å². The van der Waals surface area contributed by atoms with Crippen molar-refractivity contribution in [1.82, 2.24) is 0 Å². The van der Waals surface area contributed by atoms with Crippen molar-refractivity contribution in [2.45, 2.75) is 17.7 Å². The Bertz CT molecular complexity index is 1440. The van der Waals surface area contributed by atoms with Gasteiger partial charge < -0.3 is 19.4 Å². The van der Waals surface area contributed by atoms with Crippen molar-refractivity contribution in [2.24, 2.45) is 5.73 Å². The molecule has 172 valence electrons.